The van der Waals surface area contributed by atoms with Crippen LogP contribution in [-0.4, -0.2) is 17.2 Å². The first kappa shape index (κ1) is 8.52. The highest BCUT2D eigenvalue weighted by Gasteiger charge is 2.16. The number of rotatable bonds is 0. The quantitative estimate of drug-likeness (QED) is 0.585. The number of fused-ring (bicyclic) bond motifs is 1. The lowest BCUT2D eigenvalue weighted by Crippen LogP contribution is -2.31. The molecule has 4 heteroatoms. The molecule has 12 heavy (non-hydrogen) atoms. The van der Waals surface area contributed by atoms with Crippen molar-refractivity contribution in [3.05, 3.63) is 24.7 Å². The van der Waals surface area contributed by atoms with Gasteiger partial charge in [-0.25, -0.2) is 10.0 Å². The maximum Gasteiger partial charge on any atom is 0.250 e. The summed E-state index contributed by atoms with van der Waals surface area (Å²) in [5.74, 6) is 1.27. The van der Waals surface area contributed by atoms with E-state index in [1.54, 1.807) is 11.2 Å². The summed E-state index contributed by atoms with van der Waals surface area (Å²) in [5.41, 5.74) is 2.89. The smallest absolute Gasteiger partial charge is 0.250 e. The van der Waals surface area contributed by atoms with Crippen LogP contribution in [0.25, 0.3) is 0 Å². The predicted molar refractivity (Wildman–Crippen MR) is 50.5 cm³/mol. The van der Waals surface area contributed by atoms with Crippen LogP contribution in [0, 0.1) is 0 Å². The van der Waals surface area contributed by atoms with Crippen molar-refractivity contribution < 1.29 is 0 Å². The second kappa shape index (κ2) is 3.71. The van der Waals surface area contributed by atoms with Crippen LogP contribution in [0.15, 0.2) is 34.7 Å². The summed E-state index contributed by atoms with van der Waals surface area (Å²) in [6, 6.07) is 0. The third-order valence-corrected chi connectivity index (χ3v) is 1.21. The van der Waals surface area contributed by atoms with Crippen LogP contribution in [0.4, 0.5) is 0 Å². The van der Waals surface area contributed by atoms with Gasteiger partial charge in [0.25, 0.3) is 5.96 Å². The van der Waals surface area contributed by atoms with Gasteiger partial charge in [-0.2, -0.15) is 4.99 Å². The van der Waals surface area contributed by atoms with Crippen molar-refractivity contribution >= 4 is 12.2 Å². The van der Waals surface area contributed by atoms with Crippen LogP contribution >= 0.6 is 0 Å². The Labute approximate surface area is 72.0 Å². The SMILES string of the molecule is C=C1N=C2N=CC=CN2N1.CC. The van der Waals surface area contributed by atoms with Gasteiger partial charge in [0.15, 0.2) is 0 Å². The standard InChI is InChI=1S/C6H6N4.C2H6/c1-5-8-6-7-3-2-4-10(6)9-5;1-2/h2-4,9H,1H2;1-2H3. The van der Waals surface area contributed by atoms with Crippen LogP contribution in [0.3, 0.4) is 0 Å². The molecule has 0 saturated carbocycles. The van der Waals surface area contributed by atoms with E-state index < -0.39 is 0 Å². The monoisotopic (exact) mass is 164 g/mol. The Balaban J connectivity index is 0.000000336. The fraction of sp³-hybridized carbons (Fsp3) is 0.250. The van der Waals surface area contributed by atoms with E-state index >= 15 is 0 Å². The average Bonchev–Trinajstić information content (AvgIpc) is 2.48. The van der Waals surface area contributed by atoms with Crippen molar-refractivity contribution in [1.82, 2.24) is 10.4 Å². The van der Waals surface area contributed by atoms with E-state index in [2.05, 4.69) is 22.0 Å². The number of allylic oxidation sites excluding steroid dienone is 1. The van der Waals surface area contributed by atoms with Crippen LogP contribution in [0.5, 0.6) is 0 Å². The summed E-state index contributed by atoms with van der Waals surface area (Å²) in [7, 11) is 0. The molecule has 0 amide bonds. The number of aliphatic imine (C=N–C) groups is 2. The second-order valence-electron chi connectivity index (χ2n) is 1.96. The molecular weight excluding hydrogens is 152 g/mol. The molecule has 0 aromatic carbocycles. The van der Waals surface area contributed by atoms with E-state index in [4.69, 9.17) is 0 Å². The molecule has 2 rings (SSSR count). The largest absolute Gasteiger partial charge is 0.275 e. The van der Waals surface area contributed by atoms with Crippen molar-refractivity contribution in [3.63, 3.8) is 0 Å². The summed E-state index contributed by atoms with van der Waals surface area (Å²) in [5, 5.41) is 1.71. The lowest BCUT2D eigenvalue weighted by atomic mass is 10.6. The minimum atomic E-state index is 0.624. The minimum absolute atomic E-state index is 0.624. The minimum Gasteiger partial charge on any atom is -0.275 e. The lowest BCUT2D eigenvalue weighted by Gasteiger charge is -2.13. The molecule has 4 nitrogen and oxygen atoms in total. The molecule has 0 bridgehead atoms. The average molecular weight is 164 g/mol. The second-order valence-corrected chi connectivity index (χ2v) is 1.96. The molecule has 2 aliphatic rings. The molecule has 1 N–H and O–H groups in total. The van der Waals surface area contributed by atoms with Gasteiger partial charge in [0.05, 0.1) is 0 Å². The summed E-state index contributed by atoms with van der Waals surface area (Å²) in [6.07, 6.45) is 5.35. The Hall–Kier alpha value is -1.58. The molecule has 0 atom stereocenters. The van der Waals surface area contributed by atoms with Crippen LogP contribution < -0.4 is 5.43 Å². The molecule has 0 fully saturated rings. The first-order valence-corrected chi connectivity index (χ1v) is 3.90. The highest BCUT2D eigenvalue weighted by Crippen LogP contribution is 2.07. The third-order valence-electron chi connectivity index (χ3n) is 1.21. The molecule has 0 unspecified atom stereocenters. The highest BCUT2D eigenvalue weighted by molar-refractivity contribution is 5.95. The van der Waals surface area contributed by atoms with Gasteiger partial charge in [0.2, 0.25) is 0 Å². The first-order valence-electron chi connectivity index (χ1n) is 3.90. The molecule has 2 heterocycles. The molecule has 0 aromatic heterocycles. The van der Waals surface area contributed by atoms with Gasteiger partial charge < -0.3 is 0 Å². The number of hydrazine groups is 1. The van der Waals surface area contributed by atoms with Crippen molar-refractivity contribution in [3.8, 4) is 0 Å². The molecule has 2 aliphatic heterocycles. The zero-order chi connectivity index (χ0) is 8.97. The fourth-order valence-electron chi connectivity index (χ4n) is 0.818. The van der Waals surface area contributed by atoms with Crippen LogP contribution in [0.1, 0.15) is 13.8 Å². The molecule has 64 valence electrons. The number of nitrogens with zero attached hydrogens (tertiary/aromatic N) is 3. The zero-order valence-corrected chi connectivity index (χ0v) is 7.28. The molecule has 0 saturated heterocycles. The number of nitrogens with one attached hydrogen (secondary N) is 1. The Morgan fingerprint density at radius 2 is 2.25 bits per heavy atom. The van der Waals surface area contributed by atoms with Gasteiger partial charge >= 0.3 is 0 Å². The van der Waals surface area contributed by atoms with E-state index in [1.807, 2.05) is 26.1 Å². The highest BCUT2D eigenvalue weighted by atomic mass is 15.6. The van der Waals surface area contributed by atoms with Gasteiger partial charge in [0, 0.05) is 12.4 Å². The topological polar surface area (TPSA) is 40.0 Å². The zero-order valence-electron chi connectivity index (χ0n) is 7.28. The number of hydrogen-bond donors (Lipinski definition) is 1. The summed E-state index contributed by atoms with van der Waals surface area (Å²) >= 11 is 0. The van der Waals surface area contributed by atoms with E-state index in [0.29, 0.717) is 11.8 Å². The Bertz CT molecular complexity index is 262. The van der Waals surface area contributed by atoms with Gasteiger partial charge in [-0.05, 0) is 6.08 Å². The van der Waals surface area contributed by atoms with Crippen molar-refractivity contribution in [2.75, 3.05) is 0 Å². The predicted octanol–water partition coefficient (Wildman–Crippen LogP) is 1.26. The Morgan fingerprint density at radius 1 is 1.50 bits per heavy atom. The van der Waals surface area contributed by atoms with Gasteiger partial charge in [-0.3, -0.25) is 5.43 Å². The maximum atomic E-state index is 4.00. The maximum absolute atomic E-state index is 4.00. The Kier molecular flexibility index (Phi) is 2.63. The molecule has 0 spiro atoms. The van der Waals surface area contributed by atoms with Gasteiger partial charge in [-0.15, -0.1) is 0 Å². The van der Waals surface area contributed by atoms with Crippen LogP contribution in [0.2, 0.25) is 0 Å². The first-order chi connectivity index (χ1) is 5.86. The molecular formula is C8H12N4. The number of hydrogen-bond acceptors (Lipinski definition) is 4. The van der Waals surface area contributed by atoms with Crippen molar-refractivity contribution in [2.45, 2.75) is 13.8 Å². The number of guanidine groups is 1. The molecule has 0 aromatic rings. The fourth-order valence-corrected chi connectivity index (χ4v) is 0.818. The molecule has 0 aliphatic carbocycles. The molecule has 0 radical (unpaired) electrons. The lowest BCUT2D eigenvalue weighted by molar-refractivity contribution is 0.483. The van der Waals surface area contributed by atoms with Crippen molar-refractivity contribution in [1.29, 1.82) is 0 Å². The van der Waals surface area contributed by atoms with Crippen molar-refractivity contribution in [2.24, 2.45) is 9.98 Å². The third kappa shape index (κ3) is 1.53. The van der Waals surface area contributed by atoms with Gasteiger partial charge in [0.1, 0.15) is 5.82 Å². The Morgan fingerprint density at radius 3 is 2.92 bits per heavy atom. The van der Waals surface area contributed by atoms with Crippen LogP contribution in [-0.2, 0) is 0 Å². The van der Waals surface area contributed by atoms with E-state index in [-0.39, 0.29) is 0 Å². The van der Waals surface area contributed by atoms with E-state index in [9.17, 15) is 0 Å². The normalized spacial score (nSPS) is 17.7. The summed E-state index contributed by atoms with van der Waals surface area (Å²) < 4.78 is 0. The van der Waals surface area contributed by atoms with E-state index in [0.717, 1.165) is 0 Å². The summed E-state index contributed by atoms with van der Waals surface area (Å²) in [6.45, 7) is 7.63. The van der Waals surface area contributed by atoms with E-state index in [1.165, 1.54) is 0 Å². The summed E-state index contributed by atoms with van der Waals surface area (Å²) in [4.78, 5) is 7.98. The van der Waals surface area contributed by atoms with Gasteiger partial charge in [-0.1, -0.05) is 20.4 Å².